The molecule has 1 atom stereocenters. The van der Waals surface area contributed by atoms with E-state index in [4.69, 9.17) is 4.74 Å². The first-order chi connectivity index (χ1) is 8.05. The molecule has 0 radical (unpaired) electrons. The molecule has 1 aliphatic rings. The summed E-state index contributed by atoms with van der Waals surface area (Å²) >= 11 is 0. The monoisotopic (exact) mass is 231 g/mol. The third kappa shape index (κ3) is 3.26. The van der Waals surface area contributed by atoms with Crippen LogP contribution in [-0.2, 0) is 5.41 Å². The van der Waals surface area contributed by atoms with Gasteiger partial charge in [0.15, 0.2) is 0 Å². The molecule has 1 unspecified atom stereocenters. The Balaban J connectivity index is 1.96. The fourth-order valence-electron chi connectivity index (χ4n) is 1.87. The standard InChI is InChI=1S/C15H21NO/c1-15(2,3)12-6-4-8-14(10-12)17-11-13-7-5-9-16-13/h4-6,8-10,13,16H,7,11H2,1-3H3. The van der Waals surface area contributed by atoms with Gasteiger partial charge in [0.1, 0.15) is 12.4 Å². The highest BCUT2D eigenvalue weighted by Gasteiger charge is 2.14. The van der Waals surface area contributed by atoms with E-state index in [9.17, 15) is 0 Å². The van der Waals surface area contributed by atoms with Crippen molar-refractivity contribution in [2.75, 3.05) is 6.61 Å². The Morgan fingerprint density at radius 3 is 2.82 bits per heavy atom. The summed E-state index contributed by atoms with van der Waals surface area (Å²) in [4.78, 5) is 0. The van der Waals surface area contributed by atoms with Gasteiger partial charge < -0.3 is 10.1 Å². The van der Waals surface area contributed by atoms with E-state index in [-0.39, 0.29) is 5.41 Å². The average molecular weight is 231 g/mol. The molecule has 1 aromatic rings. The van der Waals surface area contributed by atoms with Crippen LogP contribution in [0.2, 0.25) is 0 Å². The molecule has 0 amide bonds. The molecule has 0 saturated carbocycles. The van der Waals surface area contributed by atoms with Crippen LogP contribution in [0.15, 0.2) is 36.5 Å². The zero-order valence-corrected chi connectivity index (χ0v) is 10.9. The number of ether oxygens (including phenoxy) is 1. The molecule has 2 heteroatoms. The molecule has 1 N–H and O–H groups in total. The summed E-state index contributed by atoms with van der Waals surface area (Å²) in [6.07, 6.45) is 5.19. The molecule has 92 valence electrons. The Kier molecular flexibility index (Phi) is 3.41. The zero-order valence-electron chi connectivity index (χ0n) is 10.9. The van der Waals surface area contributed by atoms with Crippen LogP contribution < -0.4 is 10.1 Å². The lowest BCUT2D eigenvalue weighted by atomic mass is 9.87. The molecule has 2 nitrogen and oxygen atoms in total. The Hall–Kier alpha value is -1.44. The van der Waals surface area contributed by atoms with Crippen LogP contribution >= 0.6 is 0 Å². The maximum Gasteiger partial charge on any atom is 0.119 e. The highest BCUT2D eigenvalue weighted by atomic mass is 16.5. The van der Waals surface area contributed by atoms with Gasteiger partial charge in [-0.2, -0.15) is 0 Å². The molecular weight excluding hydrogens is 210 g/mol. The summed E-state index contributed by atoms with van der Waals surface area (Å²) in [5.41, 5.74) is 1.49. The number of benzene rings is 1. The lowest BCUT2D eigenvalue weighted by molar-refractivity contribution is 0.279. The first-order valence-electron chi connectivity index (χ1n) is 6.20. The molecular formula is C15H21NO. The minimum atomic E-state index is 0.173. The molecule has 0 fully saturated rings. The predicted molar refractivity (Wildman–Crippen MR) is 71.3 cm³/mol. The van der Waals surface area contributed by atoms with E-state index in [1.54, 1.807) is 0 Å². The summed E-state index contributed by atoms with van der Waals surface area (Å²) in [7, 11) is 0. The van der Waals surface area contributed by atoms with Gasteiger partial charge in [0, 0.05) is 0 Å². The van der Waals surface area contributed by atoms with E-state index in [1.165, 1.54) is 5.56 Å². The van der Waals surface area contributed by atoms with Gasteiger partial charge in [-0.3, -0.25) is 0 Å². The minimum Gasteiger partial charge on any atom is -0.491 e. The van der Waals surface area contributed by atoms with E-state index in [1.807, 2.05) is 12.3 Å². The zero-order chi connectivity index (χ0) is 12.3. The SMILES string of the molecule is CC(C)(C)c1cccc(OCC2CC=CN2)c1. The smallest absolute Gasteiger partial charge is 0.119 e. The number of rotatable bonds is 3. The Morgan fingerprint density at radius 2 is 2.18 bits per heavy atom. The van der Waals surface area contributed by atoms with Crippen molar-refractivity contribution in [3.05, 3.63) is 42.1 Å². The van der Waals surface area contributed by atoms with Crippen molar-refractivity contribution in [1.82, 2.24) is 5.32 Å². The van der Waals surface area contributed by atoms with E-state index >= 15 is 0 Å². The first-order valence-corrected chi connectivity index (χ1v) is 6.20. The quantitative estimate of drug-likeness (QED) is 0.862. The van der Waals surface area contributed by atoms with Gasteiger partial charge in [-0.1, -0.05) is 39.0 Å². The van der Waals surface area contributed by atoms with Gasteiger partial charge in [-0.05, 0) is 35.7 Å². The highest BCUT2D eigenvalue weighted by Crippen LogP contribution is 2.25. The molecule has 0 aliphatic carbocycles. The van der Waals surface area contributed by atoms with E-state index in [2.05, 4.69) is 50.4 Å². The number of hydrogen-bond acceptors (Lipinski definition) is 2. The van der Waals surface area contributed by atoms with Crippen molar-refractivity contribution in [2.45, 2.75) is 38.6 Å². The van der Waals surface area contributed by atoms with Crippen LogP contribution in [0.25, 0.3) is 0 Å². The maximum absolute atomic E-state index is 5.82. The summed E-state index contributed by atoms with van der Waals surface area (Å²) in [6.45, 7) is 7.37. The molecule has 0 aromatic heterocycles. The van der Waals surface area contributed by atoms with Gasteiger partial charge in [-0.15, -0.1) is 0 Å². The molecule has 17 heavy (non-hydrogen) atoms. The molecule has 2 rings (SSSR count). The van der Waals surface area contributed by atoms with Gasteiger partial charge in [-0.25, -0.2) is 0 Å². The number of nitrogens with one attached hydrogen (secondary N) is 1. The Labute approximate surface area is 104 Å². The Bertz CT molecular complexity index is 396. The van der Waals surface area contributed by atoms with Crippen LogP contribution in [0.4, 0.5) is 0 Å². The van der Waals surface area contributed by atoms with E-state index in [0.29, 0.717) is 6.04 Å². The molecule has 0 saturated heterocycles. The fraction of sp³-hybridized carbons (Fsp3) is 0.467. The molecule has 0 bridgehead atoms. The van der Waals surface area contributed by atoms with Crippen molar-refractivity contribution in [3.63, 3.8) is 0 Å². The predicted octanol–water partition coefficient (Wildman–Crippen LogP) is 3.24. The summed E-state index contributed by atoms with van der Waals surface area (Å²) in [5, 5.41) is 3.27. The third-order valence-corrected chi connectivity index (χ3v) is 3.02. The van der Waals surface area contributed by atoms with Crippen LogP contribution in [0, 0.1) is 0 Å². The summed E-state index contributed by atoms with van der Waals surface area (Å²) in [6, 6.07) is 8.81. The van der Waals surface area contributed by atoms with Gasteiger partial charge >= 0.3 is 0 Å². The van der Waals surface area contributed by atoms with Crippen LogP contribution in [0.5, 0.6) is 5.75 Å². The maximum atomic E-state index is 5.82. The number of hydrogen-bond donors (Lipinski definition) is 1. The molecule has 1 heterocycles. The lowest BCUT2D eigenvalue weighted by Gasteiger charge is -2.20. The lowest BCUT2D eigenvalue weighted by Crippen LogP contribution is -2.26. The normalized spacial score (nSPS) is 19.1. The topological polar surface area (TPSA) is 21.3 Å². The second-order valence-corrected chi connectivity index (χ2v) is 5.59. The van der Waals surface area contributed by atoms with Crippen molar-refractivity contribution in [3.8, 4) is 5.75 Å². The van der Waals surface area contributed by atoms with Crippen LogP contribution in [0.3, 0.4) is 0 Å². The summed E-state index contributed by atoms with van der Waals surface area (Å²) < 4.78 is 5.82. The molecule has 1 aromatic carbocycles. The molecule has 0 spiro atoms. The van der Waals surface area contributed by atoms with Crippen molar-refractivity contribution in [1.29, 1.82) is 0 Å². The molecule has 1 aliphatic heterocycles. The van der Waals surface area contributed by atoms with Gasteiger partial charge in [0.25, 0.3) is 0 Å². The van der Waals surface area contributed by atoms with Crippen LogP contribution in [-0.4, -0.2) is 12.6 Å². The van der Waals surface area contributed by atoms with Crippen molar-refractivity contribution >= 4 is 0 Å². The summed E-state index contributed by atoms with van der Waals surface area (Å²) in [5.74, 6) is 0.964. The fourth-order valence-corrected chi connectivity index (χ4v) is 1.87. The second kappa shape index (κ2) is 4.82. The largest absolute Gasteiger partial charge is 0.491 e. The average Bonchev–Trinajstić information content (AvgIpc) is 2.78. The van der Waals surface area contributed by atoms with Crippen molar-refractivity contribution < 1.29 is 4.74 Å². The first kappa shape index (κ1) is 12.0. The Morgan fingerprint density at radius 1 is 1.35 bits per heavy atom. The second-order valence-electron chi connectivity index (χ2n) is 5.59. The minimum absolute atomic E-state index is 0.173. The van der Waals surface area contributed by atoms with E-state index < -0.39 is 0 Å². The van der Waals surface area contributed by atoms with Gasteiger partial charge in [0.2, 0.25) is 0 Å². The van der Waals surface area contributed by atoms with E-state index in [0.717, 1.165) is 18.8 Å². The third-order valence-electron chi connectivity index (χ3n) is 3.02. The van der Waals surface area contributed by atoms with Crippen LogP contribution in [0.1, 0.15) is 32.8 Å². The van der Waals surface area contributed by atoms with Crippen molar-refractivity contribution in [2.24, 2.45) is 0 Å². The van der Waals surface area contributed by atoms with Gasteiger partial charge in [0.05, 0.1) is 6.04 Å². The highest BCUT2D eigenvalue weighted by molar-refractivity contribution is 5.32.